The van der Waals surface area contributed by atoms with Gasteiger partial charge in [0.25, 0.3) is 5.91 Å². The average molecular weight is 374 g/mol. The molecule has 0 spiro atoms. The molecule has 0 atom stereocenters. The van der Waals surface area contributed by atoms with Crippen LogP contribution in [0.5, 0.6) is 0 Å². The molecule has 134 valence electrons. The van der Waals surface area contributed by atoms with E-state index in [0.29, 0.717) is 5.56 Å². The fourth-order valence-electron chi connectivity index (χ4n) is 2.82. The summed E-state index contributed by atoms with van der Waals surface area (Å²) in [7, 11) is 0. The number of hydrogen-bond acceptors (Lipinski definition) is 4. The van der Waals surface area contributed by atoms with Gasteiger partial charge in [0, 0.05) is 34.1 Å². The van der Waals surface area contributed by atoms with Gasteiger partial charge in [-0.25, -0.2) is 9.67 Å². The molecule has 2 aromatic heterocycles. The Kier molecular flexibility index (Phi) is 4.56. The molecule has 0 aliphatic heterocycles. The van der Waals surface area contributed by atoms with Crippen molar-refractivity contribution in [1.82, 2.24) is 14.8 Å². The van der Waals surface area contributed by atoms with Gasteiger partial charge in [-0.05, 0) is 56.3 Å². The number of aromatic nitrogens is 3. The number of aryl methyl sites for hydroxylation is 2. The summed E-state index contributed by atoms with van der Waals surface area (Å²) in [6, 6.07) is 17.0. The summed E-state index contributed by atoms with van der Waals surface area (Å²) in [5, 5.41) is 10.3. The second-order valence-corrected chi connectivity index (χ2v) is 7.28. The zero-order valence-electron chi connectivity index (χ0n) is 15.0. The molecular formula is C21H18N4OS. The van der Waals surface area contributed by atoms with E-state index in [-0.39, 0.29) is 5.91 Å². The van der Waals surface area contributed by atoms with E-state index in [2.05, 4.69) is 15.4 Å². The molecule has 6 heteroatoms. The van der Waals surface area contributed by atoms with Crippen molar-refractivity contribution >= 4 is 22.9 Å². The Balaban J connectivity index is 1.46. The topological polar surface area (TPSA) is 59.8 Å². The van der Waals surface area contributed by atoms with Crippen LogP contribution in [0.25, 0.3) is 16.9 Å². The standard InChI is InChI=1S/C21H18N4OS/c1-14-11-12-22-25(14)19-9-5-17(6-10-19)21(26)24-18-7-3-16(4-8-18)20-13-27-15(2)23-20/h3-13H,1-2H3,(H,24,26). The first-order valence-corrected chi connectivity index (χ1v) is 9.43. The largest absolute Gasteiger partial charge is 0.322 e. The molecule has 0 radical (unpaired) electrons. The summed E-state index contributed by atoms with van der Waals surface area (Å²) in [6.07, 6.45) is 1.76. The van der Waals surface area contributed by atoms with Crippen molar-refractivity contribution in [2.45, 2.75) is 13.8 Å². The number of rotatable bonds is 4. The highest BCUT2D eigenvalue weighted by atomic mass is 32.1. The molecule has 4 rings (SSSR count). The third-order valence-electron chi connectivity index (χ3n) is 4.26. The number of carbonyl (C=O) groups excluding carboxylic acids is 1. The number of nitrogens with zero attached hydrogens (tertiary/aromatic N) is 3. The van der Waals surface area contributed by atoms with Crippen LogP contribution in [0.15, 0.2) is 66.2 Å². The Labute approximate surface area is 161 Å². The molecule has 4 aromatic rings. The lowest BCUT2D eigenvalue weighted by atomic mass is 10.1. The van der Waals surface area contributed by atoms with Crippen LogP contribution in [0.2, 0.25) is 0 Å². The van der Waals surface area contributed by atoms with Gasteiger partial charge >= 0.3 is 0 Å². The minimum atomic E-state index is -0.143. The highest BCUT2D eigenvalue weighted by molar-refractivity contribution is 7.09. The van der Waals surface area contributed by atoms with Crippen LogP contribution in [-0.2, 0) is 0 Å². The van der Waals surface area contributed by atoms with E-state index in [1.807, 2.05) is 66.4 Å². The molecule has 0 aliphatic carbocycles. The Morgan fingerprint density at radius 2 is 1.74 bits per heavy atom. The zero-order chi connectivity index (χ0) is 18.8. The molecule has 2 aromatic carbocycles. The normalized spacial score (nSPS) is 10.7. The van der Waals surface area contributed by atoms with Gasteiger partial charge in [-0.1, -0.05) is 12.1 Å². The van der Waals surface area contributed by atoms with Crippen LogP contribution < -0.4 is 5.32 Å². The lowest BCUT2D eigenvalue weighted by Crippen LogP contribution is -2.12. The molecular weight excluding hydrogens is 356 g/mol. The fraction of sp³-hybridized carbons (Fsp3) is 0.0952. The van der Waals surface area contributed by atoms with Gasteiger partial charge < -0.3 is 5.32 Å². The van der Waals surface area contributed by atoms with Crippen molar-refractivity contribution in [3.63, 3.8) is 0 Å². The molecule has 0 fully saturated rings. The summed E-state index contributed by atoms with van der Waals surface area (Å²) in [6.45, 7) is 3.98. The van der Waals surface area contributed by atoms with E-state index >= 15 is 0 Å². The van der Waals surface area contributed by atoms with E-state index in [4.69, 9.17) is 0 Å². The molecule has 27 heavy (non-hydrogen) atoms. The molecule has 0 bridgehead atoms. The molecule has 0 unspecified atom stereocenters. The van der Waals surface area contributed by atoms with Crippen molar-refractivity contribution < 1.29 is 4.79 Å². The number of carbonyl (C=O) groups is 1. The first kappa shape index (κ1) is 17.2. The number of amides is 1. The van der Waals surface area contributed by atoms with Crippen LogP contribution in [0.4, 0.5) is 5.69 Å². The summed E-state index contributed by atoms with van der Waals surface area (Å²) < 4.78 is 1.83. The van der Waals surface area contributed by atoms with Gasteiger partial charge in [-0.2, -0.15) is 5.10 Å². The Hall–Kier alpha value is -3.25. The van der Waals surface area contributed by atoms with E-state index < -0.39 is 0 Å². The zero-order valence-corrected chi connectivity index (χ0v) is 15.8. The van der Waals surface area contributed by atoms with Gasteiger partial charge in [0.2, 0.25) is 0 Å². The SMILES string of the molecule is Cc1nc(-c2ccc(NC(=O)c3ccc(-n4nccc4C)cc3)cc2)cs1. The molecule has 0 saturated heterocycles. The number of anilines is 1. The van der Waals surface area contributed by atoms with E-state index in [1.165, 1.54) is 0 Å². The smallest absolute Gasteiger partial charge is 0.255 e. The van der Waals surface area contributed by atoms with E-state index in [0.717, 1.165) is 33.3 Å². The van der Waals surface area contributed by atoms with Crippen molar-refractivity contribution in [1.29, 1.82) is 0 Å². The van der Waals surface area contributed by atoms with Crippen molar-refractivity contribution in [3.05, 3.63) is 82.4 Å². The van der Waals surface area contributed by atoms with Gasteiger partial charge in [0.1, 0.15) is 0 Å². The van der Waals surface area contributed by atoms with Crippen molar-refractivity contribution in [3.8, 4) is 16.9 Å². The van der Waals surface area contributed by atoms with Gasteiger partial charge in [0.05, 0.1) is 16.4 Å². The third kappa shape index (κ3) is 3.66. The third-order valence-corrected chi connectivity index (χ3v) is 5.04. The molecule has 1 amide bonds. The molecule has 1 N–H and O–H groups in total. The van der Waals surface area contributed by atoms with Crippen molar-refractivity contribution in [2.75, 3.05) is 5.32 Å². The lowest BCUT2D eigenvalue weighted by molar-refractivity contribution is 0.102. The lowest BCUT2D eigenvalue weighted by Gasteiger charge is -2.08. The second kappa shape index (κ2) is 7.17. The number of hydrogen-bond donors (Lipinski definition) is 1. The fourth-order valence-corrected chi connectivity index (χ4v) is 3.44. The minimum absolute atomic E-state index is 0.143. The highest BCUT2D eigenvalue weighted by Gasteiger charge is 2.08. The van der Waals surface area contributed by atoms with Gasteiger partial charge in [-0.15, -0.1) is 11.3 Å². The number of thiazole rings is 1. The average Bonchev–Trinajstić information content (AvgIpc) is 3.31. The van der Waals surface area contributed by atoms with Crippen LogP contribution in [0.1, 0.15) is 21.1 Å². The molecule has 0 aliphatic rings. The summed E-state index contributed by atoms with van der Waals surface area (Å²) in [5.74, 6) is -0.143. The Bertz CT molecular complexity index is 1080. The predicted molar refractivity (Wildman–Crippen MR) is 109 cm³/mol. The summed E-state index contributed by atoms with van der Waals surface area (Å²) in [4.78, 5) is 17.0. The molecule has 5 nitrogen and oxygen atoms in total. The van der Waals surface area contributed by atoms with Crippen LogP contribution in [0, 0.1) is 13.8 Å². The van der Waals surface area contributed by atoms with Crippen molar-refractivity contribution in [2.24, 2.45) is 0 Å². The van der Waals surface area contributed by atoms with Crippen LogP contribution >= 0.6 is 11.3 Å². The first-order chi connectivity index (χ1) is 13.1. The number of nitrogens with one attached hydrogen (secondary N) is 1. The van der Waals surface area contributed by atoms with Gasteiger partial charge in [0.15, 0.2) is 0 Å². The Morgan fingerprint density at radius 1 is 1.00 bits per heavy atom. The predicted octanol–water partition coefficient (Wildman–Crippen LogP) is 4.86. The summed E-state index contributed by atoms with van der Waals surface area (Å²) >= 11 is 1.63. The monoisotopic (exact) mass is 374 g/mol. The van der Waals surface area contributed by atoms with E-state index in [1.54, 1.807) is 29.7 Å². The maximum absolute atomic E-state index is 12.5. The first-order valence-electron chi connectivity index (χ1n) is 8.55. The number of benzene rings is 2. The maximum atomic E-state index is 12.5. The molecule has 2 heterocycles. The Morgan fingerprint density at radius 3 is 2.33 bits per heavy atom. The summed E-state index contributed by atoms with van der Waals surface area (Å²) in [5.41, 5.74) is 5.32. The maximum Gasteiger partial charge on any atom is 0.255 e. The van der Waals surface area contributed by atoms with Crippen LogP contribution in [-0.4, -0.2) is 20.7 Å². The van der Waals surface area contributed by atoms with E-state index in [9.17, 15) is 4.79 Å². The quantitative estimate of drug-likeness (QED) is 0.555. The van der Waals surface area contributed by atoms with Crippen LogP contribution in [0.3, 0.4) is 0 Å². The second-order valence-electron chi connectivity index (χ2n) is 6.21. The highest BCUT2D eigenvalue weighted by Crippen LogP contribution is 2.23. The van der Waals surface area contributed by atoms with Gasteiger partial charge in [-0.3, -0.25) is 4.79 Å². The minimum Gasteiger partial charge on any atom is -0.322 e. The molecule has 0 saturated carbocycles.